The highest BCUT2D eigenvalue weighted by atomic mass is 35.5. The molecule has 0 aliphatic carbocycles. The van der Waals surface area contributed by atoms with Crippen molar-refractivity contribution in [1.82, 2.24) is 3.94 Å². The van der Waals surface area contributed by atoms with Gasteiger partial charge in [0.15, 0.2) is 0 Å². The van der Waals surface area contributed by atoms with Gasteiger partial charge in [-0.05, 0) is 44.3 Å². The molecule has 0 saturated heterocycles. The van der Waals surface area contributed by atoms with Crippen molar-refractivity contribution in [2.24, 2.45) is 0 Å². The molecule has 0 radical (unpaired) electrons. The van der Waals surface area contributed by atoms with Crippen LogP contribution in [-0.4, -0.2) is 13.8 Å². The zero-order valence-electron chi connectivity index (χ0n) is 5.96. The van der Waals surface area contributed by atoms with Crippen LogP contribution in [0.1, 0.15) is 20.8 Å². The predicted octanol–water partition coefficient (Wildman–Crippen LogP) is 3.57. The second kappa shape index (κ2) is 3.24. The Bertz CT molecular complexity index is 115. The van der Waals surface area contributed by atoms with E-state index in [0.29, 0.717) is 0 Å². The van der Waals surface area contributed by atoms with E-state index in [1.54, 1.807) is 20.8 Å². The summed E-state index contributed by atoms with van der Waals surface area (Å²) in [5, 5.41) is 0. The number of hydrogen-bond donors (Lipinski definition) is 0. The fourth-order valence-electron chi connectivity index (χ4n) is 0.201. The largest absolute Gasteiger partial charge is 0.141 e. The van der Waals surface area contributed by atoms with Crippen molar-refractivity contribution in [3.8, 4) is 0 Å². The van der Waals surface area contributed by atoms with E-state index in [-0.39, 0.29) is 0 Å². The molecule has 0 fully saturated rings. The van der Waals surface area contributed by atoms with Crippen LogP contribution in [0.2, 0.25) is 0 Å². The van der Waals surface area contributed by atoms with Gasteiger partial charge in [0.2, 0.25) is 0 Å². The normalized spacial score (nSPS) is 19.2. The molecule has 0 N–H and O–H groups in total. The maximum atomic E-state index is 5.88. The maximum absolute atomic E-state index is 5.88. The van der Waals surface area contributed by atoms with Crippen LogP contribution in [0.25, 0.3) is 0 Å². The van der Waals surface area contributed by atoms with Crippen molar-refractivity contribution in [1.29, 1.82) is 0 Å². The lowest BCUT2D eigenvalue weighted by Gasteiger charge is -2.35. The fraction of sp³-hybridized carbons (Fsp3) is 1.00. The molecule has 0 aromatic rings. The number of halogens is 4. The molecule has 0 rings (SSSR count). The Morgan fingerprint density at radius 1 is 1.00 bits per heavy atom. The first-order valence-corrected chi connectivity index (χ1v) is 4.12. The standard InChI is InChI=1S/C5H9Cl4N/c1-4(2,6)5(3,7)10(8)9/h1-3H3. The summed E-state index contributed by atoms with van der Waals surface area (Å²) in [6.45, 7) is 5.11. The minimum Gasteiger partial charge on any atom is -0.116 e. The molecule has 5 heteroatoms. The molecule has 0 saturated carbocycles. The number of rotatable bonds is 2. The third kappa shape index (κ3) is 2.31. The van der Waals surface area contributed by atoms with E-state index in [4.69, 9.17) is 46.8 Å². The van der Waals surface area contributed by atoms with E-state index in [1.165, 1.54) is 0 Å². The molecule has 1 unspecified atom stereocenters. The van der Waals surface area contributed by atoms with Crippen molar-refractivity contribution in [3.63, 3.8) is 0 Å². The van der Waals surface area contributed by atoms with Crippen LogP contribution < -0.4 is 0 Å². The monoisotopic (exact) mass is 223 g/mol. The topological polar surface area (TPSA) is 3.24 Å². The molecule has 0 amide bonds. The first-order valence-electron chi connectivity index (χ1n) is 2.69. The third-order valence-corrected chi connectivity index (χ3v) is 3.36. The predicted molar refractivity (Wildman–Crippen MR) is 47.7 cm³/mol. The van der Waals surface area contributed by atoms with Crippen LogP contribution in [0.4, 0.5) is 0 Å². The summed E-state index contributed by atoms with van der Waals surface area (Å²) in [7, 11) is 0. The van der Waals surface area contributed by atoms with Gasteiger partial charge in [0.1, 0.15) is 5.00 Å². The van der Waals surface area contributed by atoms with Gasteiger partial charge in [-0.15, -0.1) is 15.5 Å². The van der Waals surface area contributed by atoms with E-state index in [2.05, 4.69) is 0 Å². The molecule has 0 aromatic carbocycles. The van der Waals surface area contributed by atoms with E-state index in [0.717, 1.165) is 3.94 Å². The average molecular weight is 225 g/mol. The molecule has 0 aromatic heterocycles. The van der Waals surface area contributed by atoms with Crippen molar-refractivity contribution in [2.45, 2.75) is 30.6 Å². The summed E-state index contributed by atoms with van der Waals surface area (Å²) in [4.78, 5) is -1.64. The summed E-state index contributed by atoms with van der Waals surface area (Å²) in [5.74, 6) is 0. The molecule has 0 aliphatic rings. The lowest BCUT2D eigenvalue weighted by molar-refractivity contribution is 0.371. The first kappa shape index (κ1) is 11.1. The number of hydrogen-bond acceptors (Lipinski definition) is 1. The smallest absolute Gasteiger partial charge is 0.116 e. The fourth-order valence-corrected chi connectivity index (χ4v) is 0.795. The number of alkyl halides is 2. The minimum absolute atomic E-state index is 0.682. The van der Waals surface area contributed by atoms with Crippen LogP contribution in [0.15, 0.2) is 0 Å². The Hall–Kier alpha value is 1.12. The van der Waals surface area contributed by atoms with Gasteiger partial charge in [-0.1, -0.05) is 11.6 Å². The van der Waals surface area contributed by atoms with Crippen molar-refractivity contribution >= 4 is 46.8 Å². The lowest BCUT2D eigenvalue weighted by Crippen LogP contribution is -2.45. The minimum atomic E-state index is -0.961. The van der Waals surface area contributed by atoms with Crippen molar-refractivity contribution in [3.05, 3.63) is 0 Å². The Labute approximate surface area is 81.4 Å². The van der Waals surface area contributed by atoms with E-state index in [9.17, 15) is 0 Å². The van der Waals surface area contributed by atoms with Gasteiger partial charge in [-0.2, -0.15) is 0 Å². The third-order valence-electron chi connectivity index (χ3n) is 1.40. The van der Waals surface area contributed by atoms with Crippen LogP contribution >= 0.6 is 46.8 Å². The molecule has 62 valence electrons. The molecule has 1 atom stereocenters. The molecule has 0 spiro atoms. The SMILES string of the molecule is CC(C)(Cl)C(C)(Cl)N(Cl)Cl. The van der Waals surface area contributed by atoms with Crippen LogP contribution in [0, 0.1) is 0 Å². The molecule has 0 heterocycles. The Morgan fingerprint density at radius 3 is 1.30 bits per heavy atom. The highest BCUT2D eigenvalue weighted by molar-refractivity contribution is 6.42. The van der Waals surface area contributed by atoms with Gasteiger partial charge in [-0.3, -0.25) is 0 Å². The quantitative estimate of drug-likeness (QED) is 0.394. The zero-order chi connectivity index (χ0) is 8.58. The highest BCUT2D eigenvalue weighted by Crippen LogP contribution is 2.39. The van der Waals surface area contributed by atoms with Gasteiger partial charge in [-0.25, -0.2) is 0 Å². The van der Waals surface area contributed by atoms with Gasteiger partial charge < -0.3 is 0 Å². The molecular formula is C5H9Cl4N. The number of nitrogens with zero attached hydrogens (tertiary/aromatic N) is 1. The molecule has 0 aliphatic heterocycles. The maximum Gasteiger partial charge on any atom is 0.141 e. The van der Waals surface area contributed by atoms with Crippen molar-refractivity contribution in [2.75, 3.05) is 0 Å². The van der Waals surface area contributed by atoms with Gasteiger partial charge in [0.05, 0.1) is 4.87 Å². The Morgan fingerprint density at radius 2 is 1.30 bits per heavy atom. The Kier molecular flexibility index (Phi) is 3.60. The molecule has 10 heavy (non-hydrogen) atoms. The van der Waals surface area contributed by atoms with Crippen LogP contribution in [0.3, 0.4) is 0 Å². The average Bonchev–Trinajstić information content (AvgIpc) is 1.62. The lowest BCUT2D eigenvalue weighted by atomic mass is 10.1. The van der Waals surface area contributed by atoms with Gasteiger partial charge in [0, 0.05) is 0 Å². The van der Waals surface area contributed by atoms with Crippen LogP contribution in [0.5, 0.6) is 0 Å². The van der Waals surface area contributed by atoms with Gasteiger partial charge >= 0.3 is 0 Å². The summed E-state index contributed by atoms with van der Waals surface area (Å²) in [5.41, 5.74) is 0. The molecular weight excluding hydrogens is 216 g/mol. The Balaban J connectivity index is 4.40. The highest BCUT2D eigenvalue weighted by Gasteiger charge is 2.42. The van der Waals surface area contributed by atoms with Crippen molar-refractivity contribution < 1.29 is 0 Å². The molecule has 0 bridgehead atoms. The summed E-state index contributed by atoms with van der Waals surface area (Å²) >= 11 is 22.6. The second-order valence-corrected chi connectivity index (χ2v) is 5.19. The second-order valence-electron chi connectivity index (χ2n) is 2.66. The van der Waals surface area contributed by atoms with E-state index in [1.807, 2.05) is 0 Å². The first-order chi connectivity index (χ1) is 4.19. The summed E-state index contributed by atoms with van der Waals surface area (Å²) in [6.07, 6.45) is 0. The summed E-state index contributed by atoms with van der Waals surface area (Å²) in [6, 6.07) is 0. The van der Waals surface area contributed by atoms with Crippen LogP contribution in [-0.2, 0) is 0 Å². The summed E-state index contributed by atoms with van der Waals surface area (Å²) < 4.78 is 0.849. The van der Waals surface area contributed by atoms with Gasteiger partial charge in [0.25, 0.3) is 0 Å². The zero-order valence-corrected chi connectivity index (χ0v) is 8.98. The van der Waals surface area contributed by atoms with E-state index >= 15 is 0 Å². The van der Waals surface area contributed by atoms with E-state index < -0.39 is 9.87 Å². The molecule has 1 nitrogen and oxygen atoms in total.